The Bertz CT molecular complexity index is 1560. The molecule has 1 aromatic carbocycles. The van der Waals surface area contributed by atoms with E-state index in [0.717, 1.165) is 42.4 Å². The first-order valence-electron chi connectivity index (χ1n) is 14.5. The number of aromatic amines is 1. The van der Waals surface area contributed by atoms with Gasteiger partial charge >= 0.3 is 6.09 Å². The quantitative estimate of drug-likeness (QED) is 0.293. The molecule has 3 N–H and O–H groups in total. The van der Waals surface area contributed by atoms with Crippen LogP contribution < -0.4 is 16.2 Å². The molecule has 1 unspecified atom stereocenters. The van der Waals surface area contributed by atoms with Gasteiger partial charge in [0.1, 0.15) is 17.5 Å². The molecule has 3 aromatic rings. The molecule has 43 heavy (non-hydrogen) atoms. The second-order valence-corrected chi connectivity index (χ2v) is 12.1. The van der Waals surface area contributed by atoms with Crippen molar-refractivity contribution in [1.29, 1.82) is 0 Å². The number of anilines is 1. The van der Waals surface area contributed by atoms with E-state index in [4.69, 9.17) is 0 Å². The molecular formula is C32H40FN5O5. The molecule has 0 bridgehead atoms. The summed E-state index contributed by atoms with van der Waals surface area (Å²) in [5, 5.41) is 5.85. The average molecular weight is 594 g/mol. The van der Waals surface area contributed by atoms with Crippen LogP contribution in [0.25, 0.3) is 10.9 Å². The summed E-state index contributed by atoms with van der Waals surface area (Å²) in [5.41, 5.74) is 1.96. The number of amides is 3. The molecule has 1 atom stereocenters. The lowest BCUT2D eigenvalue weighted by Gasteiger charge is -2.18. The van der Waals surface area contributed by atoms with Crippen molar-refractivity contribution in [2.45, 2.75) is 65.5 Å². The third kappa shape index (κ3) is 8.56. The number of pyridine rings is 1. The third-order valence-electron chi connectivity index (χ3n) is 7.26. The van der Waals surface area contributed by atoms with Gasteiger partial charge in [-0.25, -0.2) is 9.18 Å². The van der Waals surface area contributed by atoms with E-state index >= 15 is 0 Å². The molecule has 3 amide bonds. The first-order valence-corrected chi connectivity index (χ1v) is 14.5. The van der Waals surface area contributed by atoms with E-state index in [1.54, 1.807) is 23.2 Å². The van der Waals surface area contributed by atoms with Crippen molar-refractivity contribution in [3.8, 4) is 0 Å². The number of likely N-dealkylation sites (tertiary alicyclic amines) is 1. The molecule has 0 radical (unpaired) electrons. The molecule has 230 valence electrons. The lowest BCUT2D eigenvalue weighted by molar-refractivity contribution is -0.125. The highest BCUT2D eigenvalue weighted by molar-refractivity contribution is 5.96. The number of hydrogen-bond donors (Lipinski definition) is 3. The van der Waals surface area contributed by atoms with E-state index in [1.165, 1.54) is 36.0 Å². The fraction of sp³-hybridized carbons (Fsp3) is 0.438. The number of nitrogens with zero attached hydrogens (tertiary/aromatic N) is 2. The Balaban J connectivity index is 1.47. The number of allylic oxidation sites excluding steroid dienone is 1. The molecule has 10 nitrogen and oxygen atoms in total. The minimum absolute atomic E-state index is 0.0412. The molecule has 1 fully saturated rings. The van der Waals surface area contributed by atoms with Gasteiger partial charge in [0, 0.05) is 35.9 Å². The number of ether oxygens (including phenoxy) is 1. The van der Waals surface area contributed by atoms with Crippen molar-refractivity contribution in [3.63, 3.8) is 0 Å². The minimum atomic E-state index is -1.00. The predicted molar refractivity (Wildman–Crippen MR) is 163 cm³/mol. The predicted octanol–water partition coefficient (Wildman–Crippen LogP) is 4.73. The highest BCUT2D eigenvalue weighted by atomic mass is 19.1. The number of aromatic nitrogens is 2. The van der Waals surface area contributed by atoms with E-state index in [9.17, 15) is 23.6 Å². The summed E-state index contributed by atoms with van der Waals surface area (Å²) in [7, 11) is 1.19. The first-order chi connectivity index (χ1) is 20.4. The van der Waals surface area contributed by atoms with Gasteiger partial charge in [0.2, 0.25) is 11.8 Å². The maximum Gasteiger partial charge on any atom is 0.407 e. The smallest absolute Gasteiger partial charge is 0.407 e. The number of benzene rings is 1. The van der Waals surface area contributed by atoms with E-state index in [1.807, 2.05) is 6.07 Å². The topological polar surface area (TPSA) is 126 Å². The molecular weight excluding hydrogens is 553 g/mol. The van der Waals surface area contributed by atoms with Crippen LogP contribution in [0.4, 0.5) is 14.9 Å². The van der Waals surface area contributed by atoms with Crippen LogP contribution in [-0.2, 0) is 27.3 Å². The number of fused-ring (bicyclic) bond motifs is 1. The second-order valence-electron chi connectivity index (χ2n) is 12.1. The number of rotatable bonds is 10. The van der Waals surface area contributed by atoms with Gasteiger partial charge in [0.05, 0.1) is 13.7 Å². The van der Waals surface area contributed by atoms with Crippen molar-refractivity contribution < 1.29 is 23.5 Å². The molecule has 3 heterocycles. The van der Waals surface area contributed by atoms with Gasteiger partial charge in [-0.05, 0) is 79.5 Å². The van der Waals surface area contributed by atoms with Crippen molar-refractivity contribution in [2.24, 2.45) is 5.41 Å². The van der Waals surface area contributed by atoms with Crippen molar-refractivity contribution >= 4 is 34.5 Å². The fourth-order valence-electron chi connectivity index (χ4n) is 5.25. The number of halogens is 1. The monoisotopic (exact) mass is 593 g/mol. The number of alkyl carbamates (subject to hydrolysis) is 1. The van der Waals surface area contributed by atoms with E-state index in [-0.39, 0.29) is 35.8 Å². The zero-order chi connectivity index (χ0) is 31.1. The molecule has 0 aliphatic carbocycles. The Morgan fingerprint density at radius 1 is 1.16 bits per heavy atom. The Hall–Kier alpha value is -4.41. The first kappa shape index (κ1) is 31.5. The van der Waals surface area contributed by atoms with Gasteiger partial charge in [-0.1, -0.05) is 26.8 Å². The summed E-state index contributed by atoms with van der Waals surface area (Å²) in [5.74, 6) is -0.981. The van der Waals surface area contributed by atoms with Crippen molar-refractivity contribution in [1.82, 2.24) is 19.8 Å². The summed E-state index contributed by atoms with van der Waals surface area (Å²) >= 11 is 0. The molecule has 2 aromatic heterocycles. The Labute approximate surface area is 250 Å². The maximum atomic E-state index is 14.3. The standard InChI is InChI=1S/C32H40FN5O5/c1-32(2,3)19-22-17-23(33)16-21-18-24(34-28(21)22)20-38-15-9-11-26(30(38)41)35-29(40)25(36-31(42)43-4)10-5-6-12-27(39)37-13-7-8-14-37/h6,9,11-12,15-18,25,34H,5,7-8,10,13-14,19-20H2,1-4H3,(H,35,40)(H,36,42). The number of hydrogen-bond acceptors (Lipinski definition) is 5. The Morgan fingerprint density at radius 3 is 2.60 bits per heavy atom. The fourth-order valence-corrected chi connectivity index (χ4v) is 5.25. The van der Waals surface area contributed by atoms with Gasteiger partial charge in [-0.15, -0.1) is 0 Å². The zero-order valence-electron chi connectivity index (χ0n) is 25.2. The summed E-state index contributed by atoms with van der Waals surface area (Å²) < 4.78 is 20.5. The normalized spacial score (nSPS) is 14.3. The van der Waals surface area contributed by atoms with Crippen LogP contribution in [0.2, 0.25) is 0 Å². The number of H-pyrrole nitrogens is 1. The van der Waals surface area contributed by atoms with E-state index < -0.39 is 23.6 Å². The summed E-state index contributed by atoms with van der Waals surface area (Å²) in [4.78, 5) is 55.7. The number of carbonyl (C=O) groups excluding carboxylic acids is 3. The Morgan fingerprint density at radius 2 is 1.91 bits per heavy atom. The van der Waals surface area contributed by atoms with Crippen LogP contribution in [-0.4, -0.2) is 58.6 Å². The van der Waals surface area contributed by atoms with Crippen molar-refractivity contribution in [2.75, 3.05) is 25.5 Å². The summed E-state index contributed by atoms with van der Waals surface area (Å²) in [6, 6.07) is 6.95. The van der Waals surface area contributed by atoms with Crippen LogP contribution in [0.1, 0.15) is 57.7 Å². The van der Waals surface area contributed by atoms with E-state index in [2.05, 4.69) is 41.1 Å². The SMILES string of the molecule is COC(=O)NC(CCC=CC(=O)N1CCCC1)C(=O)Nc1cccn(Cc2cc3cc(F)cc(CC(C)(C)C)c3[nH]2)c1=O. The molecule has 1 aliphatic rings. The summed E-state index contributed by atoms with van der Waals surface area (Å²) in [6.45, 7) is 7.92. The largest absolute Gasteiger partial charge is 0.453 e. The number of methoxy groups -OCH3 is 1. The molecule has 1 aliphatic heterocycles. The average Bonchev–Trinajstić information content (AvgIpc) is 3.62. The minimum Gasteiger partial charge on any atom is -0.453 e. The van der Waals surface area contributed by atoms with Gasteiger partial charge in [-0.3, -0.25) is 14.4 Å². The van der Waals surface area contributed by atoms with E-state index in [0.29, 0.717) is 18.5 Å². The van der Waals surface area contributed by atoms with Crippen LogP contribution >= 0.6 is 0 Å². The van der Waals surface area contributed by atoms with Crippen molar-refractivity contribution in [3.05, 3.63) is 76.1 Å². The van der Waals surface area contributed by atoms with Gasteiger partial charge in [0.15, 0.2) is 0 Å². The molecule has 11 heteroatoms. The van der Waals surface area contributed by atoms with Gasteiger partial charge < -0.3 is 29.8 Å². The van der Waals surface area contributed by atoms with Crippen LogP contribution in [0.15, 0.2) is 53.5 Å². The number of carbonyl (C=O) groups is 3. The molecule has 1 saturated heterocycles. The summed E-state index contributed by atoms with van der Waals surface area (Å²) in [6.07, 6.45) is 7.17. The van der Waals surface area contributed by atoms with Crippen LogP contribution in [0, 0.1) is 11.2 Å². The lowest BCUT2D eigenvalue weighted by Crippen LogP contribution is -2.44. The van der Waals surface area contributed by atoms with Crippen LogP contribution in [0.3, 0.4) is 0 Å². The molecule has 0 saturated carbocycles. The Kier molecular flexibility index (Phi) is 10.1. The third-order valence-corrected chi connectivity index (χ3v) is 7.26. The molecule has 0 spiro atoms. The highest BCUT2D eigenvalue weighted by Crippen LogP contribution is 2.28. The second kappa shape index (κ2) is 13.7. The van der Waals surface area contributed by atoms with Crippen LogP contribution in [0.5, 0.6) is 0 Å². The highest BCUT2D eigenvalue weighted by Gasteiger charge is 2.22. The van der Waals surface area contributed by atoms with Gasteiger partial charge in [-0.2, -0.15) is 0 Å². The number of nitrogens with one attached hydrogen (secondary N) is 3. The molecule has 4 rings (SSSR count). The lowest BCUT2D eigenvalue weighted by atomic mass is 9.87. The van der Waals surface area contributed by atoms with Gasteiger partial charge in [0.25, 0.3) is 5.56 Å². The maximum absolute atomic E-state index is 14.3. The zero-order valence-corrected chi connectivity index (χ0v) is 25.2.